The first kappa shape index (κ1) is 18.9. The van der Waals surface area contributed by atoms with E-state index in [9.17, 15) is 19.7 Å². The van der Waals surface area contributed by atoms with Crippen LogP contribution in [0.25, 0.3) is 21.6 Å². The molecule has 11 heteroatoms. The van der Waals surface area contributed by atoms with Crippen molar-refractivity contribution in [3.05, 3.63) is 84.3 Å². The molecule has 0 fully saturated rings. The van der Waals surface area contributed by atoms with E-state index in [1.54, 1.807) is 0 Å². The van der Waals surface area contributed by atoms with Crippen LogP contribution in [0.1, 0.15) is 5.56 Å². The number of fused-ring (bicyclic) bond motifs is 1. The second kappa shape index (κ2) is 7.18. The summed E-state index contributed by atoms with van der Waals surface area (Å²) in [5, 5.41) is 16.1. The zero-order valence-corrected chi connectivity index (χ0v) is 16.8. The van der Waals surface area contributed by atoms with Gasteiger partial charge in [0.1, 0.15) is 10.8 Å². The molecule has 0 saturated carbocycles. The van der Waals surface area contributed by atoms with Crippen LogP contribution in [0.4, 0.5) is 5.82 Å². The van der Waals surface area contributed by atoms with Gasteiger partial charge in [-0.1, -0.05) is 41.7 Å². The van der Waals surface area contributed by atoms with E-state index in [-0.39, 0.29) is 27.1 Å². The first-order chi connectivity index (χ1) is 13.8. The van der Waals surface area contributed by atoms with Gasteiger partial charge in [0.2, 0.25) is 4.96 Å². The van der Waals surface area contributed by atoms with Gasteiger partial charge in [0, 0.05) is 23.3 Å². The average molecular weight is 472 g/mol. The topological polar surface area (TPSA) is 133 Å². The molecule has 0 bridgehead atoms. The number of carbonyl (C=O) groups is 1. The number of rotatable bonds is 3. The lowest BCUT2D eigenvalue weighted by atomic mass is 10.0. The summed E-state index contributed by atoms with van der Waals surface area (Å²) in [6, 6.07) is 9.32. The maximum atomic E-state index is 12.5. The highest BCUT2D eigenvalue weighted by Gasteiger charge is 2.24. The Hall–Kier alpha value is -3.44. The maximum Gasteiger partial charge on any atom is 0.283 e. The van der Waals surface area contributed by atoms with Gasteiger partial charge in [-0.2, -0.15) is 14.6 Å². The Morgan fingerprint density at radius 2 is 1.93 bits per heavy atom. The number of hydrogen-bond acceptors (Lipinski definition) is 8. The van der Waals surface area contributed by atoms with Crippen LogP contribution in [0.15, 0.2) is 63.0 Å². The first-order valence-electron chi connectivity index (χ1n) is 8.09. The highest BCUT2D eigenvalue weighted by atomic mass is 79.9. The Bertz CT molecular complexity index is 1340. The molecular weight excluding hydrogens is 462 g/mol. The first-order valence-corrected chi connectivity index (χ1v) is 9.70. The smallest absolute Gasteiger partial charge is 0.283 e. The maximum absolute atomic E-state index is 12.5. The van der Waals surface area contributed by atoms with Gasteiger partial charge in [-0.25, -0.2) is 0 Å². The van der Waals surface area contributed by atoms with Crippen molar-refractivity contribution in [2.45, 2.75) is 0 Å². The molecule has 0 amide bonds. The van der Waals surface area contributed by atoms with Crippen molar-refractivity contribution < 1.29 is 9.72 Å². The molecule has 0 atom stereocenters. The fourth-order valence-electron chi connectivity index (χ4n) is 2.68. The summed E-state index contributed by atoms with van der Waals surface area (Å²) in [5.41, 5.74) is 5.88. The van der Waals surface area contributed by atoms with Crippen LogP contribution in [0, 0.1) is 10.1 Å². The number of anilines is 1. The molecule has 1 aliphatic carbocycles. The third-order valence-corrected chi connectivity index (χ3v) is 5.63. The molecule has 0 spiro atoms. The molecule has 0 unspecified atom stereocenters. The lowest BCUT2D eigenvalue weighted by Crippen LogP contribution is -2.18. The van der Waals surface area contributed by atoms with Gasteiger partial charge < -0.3 is 5.73 Å². The van der Waals surface area contributed by atoms with Gasteiger partial charge >= 0.3 is 0 Å². The molecule has 9 nitrogen and oxygen atoms in total. The van der Waals surface area contributed by atoms with Crippen LogP contribution in [-0.2, 0) is 4.79 Å². The number of ketones is 1. The van der Waals surface area contributed by atoms with Crippen LogP contribution in [0.2, 0.25) is 0 Å². The minimum Gasteiger partial charge on any atom is -0.383 e. The number of nitrogens with zero attached hydrogens (tertiary/aromatic N) is 4. The molecule has 1 aliphatic rings. The number of aromatic nitrogens is 3. The predicted octanol–water partition coefficient (Wildman–Crippen LogP) is 2.81. The van der Waals surface area contributed by atoms with Crippen molar-refractivity contribution in [1.82, 2.24) is 14.6 Å². The number of allylic oxidation sites excluding steroid dienone is 4. The second-order valence-electron chi connectivity index (χ2n) is 5.93. The molecule has 0 aliphatic heterocycles. The van der Waals surface area contributed by atoms with Gasteiger partial charge in [-0.05, 0) is 22.0 Å². The molecule has 1 aromatic carbocycles. The summed E-state index contributed by atoms with van der Waals surface area (Å²) in [5.74, 6) is -0.525. The molecular formula is C18H10BrN5O4S. The Morgan fingerprint density at radius 1 is 1.21 bits per heavy atom. The monoisotopic (exact) mass is 471 g/mol. The second-order valence-corrected chi connectivity index (χ2v) is 7.74. The minimum atomic E-state index is -0.659. The normalized spacial score (nSPS) is 15.5. The van der Waals surface area contributed by atoms with Crippen LogP contribution in [0.3, 0.4) is 0 Å². The lowest BCUT2D eigenvalue weighted by molar-refractivity contribution is -0.419. The fraction of sp³-hybridized carbons (Fsp3) is 0. The van der Waals surface area contributed by atoms with Crippen LogP contribution in [0.5, 0.6) is 0 Å². The Balaban J connectivity index is 1.88. The average Bonchev–Trinajstić information content (AvgIpc) is 3.12. The molecule has 2 heterocycles. The van der Waals surface area contributed by atoms with Crippen LogP contribution >= 0.6 is 27.3 Å². The molecule has 4 rings (SSSR count). The number of nitrogens with two attached hydrogens (primary N) is 1. The predicted molar refractivity (Wildman–Crippen MR) is 112 cm³/mol. The minimum absolute atomic E-state index is 0.00526. The number of carbonyl (C=O) groups excluding carboxylic acids is 1. The fourth-order valence-corrected chi connectivity index (χ4v) is 4.05. The zero-order chi connectivity index (χ0) is 20.7. The standard InChI is InChI=1S/C18H10BrN5O4S/c19-13-8-11(24(27)28)6-10(14(13)25)7-12-15(20)23-18(21-16(12)26)29-17(22-23)9-4-2-1-3-5-9/h1-8H,20H2/b10-7+. The Labute approximate surface area is 174 Å². The van der Waals surface area contributed by atoms with Crippen molar-refractivity contribution in [3.63, 3.8) is 0 Å². The SMILES string of the molecule is Nc1c(/C=C2\C=C([N+](=O)[O-])C=C(Br)C2=O)c(=O)nc2sc(-c3ccccc3)nn12. The largest absolute Gasteiger partial charge is 0.383 e. The molecule has 0 radical (unpaired) electrons. The number of hydrogen-bond donors (Lipinski definition) is 1. The number of nitro groups is 1. The van der Waals surface area contributed by atoms with Gasteiger partial charge in [-0.15, -0.1) is 0 Å². The van der Waals surface area contributed by atoms with E-state index < -0.39 is 16.3 Å². The van der Waals surface area contributed by atoms with Gasteiger partial charge in [0.25, 0.3) is 11.3 Å². The van der Waals surface area contributed by atoms with E-state index in [2.05, 4.69) is 26.0 Å². The van der Waals surface area contributed by atoms with E-state index in [0.717, 1.165) is 17.7 Å². The highest BCUT2D eigenvalue weighted by Crippen LogP contribution is 2.28. The van der Waals surface area contributed by atoms with Crippen molar-refractivity contribution in [3.8, 4) is 10.6 Å². The van der Waals surface area contributed by atoms with E-state index in [1.807, 2.05) is 30.3 Å². The van der Waals surface area contributed by atoms with Gasteiger partial charge in [-0.3, -0.25) is 19.7 Å². The molecule has 2 N–H and O–H groups in total. The van der Waals surface area contributed by atoms with Crippen LogP contribution < -0.4 is 11.3 Å². The van der Waals surface area contributed by atoms with Crippen molar-refractivity contribution in [2.24, 2.45) is 0 Å². The van der Waals surface area contributed by atoms with Crippen molar-refractivity contribution >= 4 is 49.9 Å². The van der Waals surface area contributed by atoms with E-state index in [4.69, 9.17) is 5.73 Å². The van der Waals surface area contributed by atoms with Gasteiger partial charge in [0.15, 0.2) is 5.78 Å². The highest BCUT2D eigenvalue weighted by molar-refractivity contribution is 9.12. The summed E-state index contributed by atoms with van der Waals surface area (Å²) in [6.45, 7) is 0. The Kier molecular flexibility index (Phi) is 4.68. The third kappa shape index (κ3) is 3.41. The number of Topliss-reactive ketones (excluding diaryl/α,β-unsaturated/α-hetero) is 1. The quantitative estimate of drug-likeness (QED) is 0.352. The Morgan fingerprint density at radius 3 is 2.62 bits per heavy atom. The summed E-state index contributed by atoms with van der Waals surface area (Å²) < 4.78 is 1.32. The molecule has 29 heavy (non-hydrogen) atoms. The number of benzene rings is 1. The van der Waals surface area contributed by atoms with E-state index in [0.29, 0.717) is 9.97 Å². The summed E-state index contributed by atoms with van der Waals surface area (Å²) in [4.78, 5) is 39.6. The van der Waals surface area contributed by atoms with E-state index in [1.165, 1.54) is 21.9 Å². The molecule has 144 valence electrons. The van der Waals surface area contributed by atoms with Gasteiger partial charge in [0.05, 0.1) is 15.0 Å². The third-order valence-electron chi connectivity index (χ3n) is 4.08. The molecule has 0 saturated heterocycles. The van der Waals surface area contributed by atoms with Crippen LogP contribution in [-0.4, -0.2) is 25.3 Å². The van der Waals surface area contributed by atoms with E-state index >= 15 is 0 Å². The summed E-state index contributed by atoms with van der Waals surface area (Å²) >= 11 is 4.20. The molecule has 3 aromatic rings. The molecule has 2 aromatic heterocycles. The number of halogens is 1. The summed E-state index contributed by atoms with van der Waals surface area (Å²) in [7, 11) is 0. The van der Waals surface area contributed by atoms with Crippen molar-refractivity contribution in [2.75, 3.05) is 5.73 Å². The van der Waals surface area contributed by atoms with Crippen molar-refractivity contribution in [1.29, 1.82) is 0 Å². The zero-order valence-electron chi connectivity index (χ0n) is 14.4. The summed E-state index contributed by atoms with van der Waals surface area (Å²) in [6.07, 6.45) is 3.37. The number of nitrogen functional groups attached to an aromatic ring is 1. The lowest BCUT2D eigenvalue weighted by Gasteiger charge is -2.07.